The van der Waals surface area contributed by atoms with E-state index in [-0.39, 0.29) is 0 Å². The number of rotatable bonds is 6. The van der Waals surface area contributed by atoms with Gasteiger partial charge in [-0.3, -0.25) is 0 Å². The molecule has 1 heterocycles. The molecule has 252 valence electrons. The lowest BCUT2D eigenvalue weighted by molar-refractivity contribution is 1.18. The molecule has 0 bridgehead atoms. The van der Waals surface area contributed by atoms with Crippen molar-refractivity contribution < 1.29 is 0 Å². The van der Waals surface area contributed by atoms with Crippen molar-refractivity contribution in [2.75, 3.05) is 0 Å². The smallest absolute Gasteiger partial charge is 0.161 e. The Labute approximate surface area is 314 Å². The molecule has 0 unspecified atom stereocenters. The highest BCUT2D eigenvalue weighted by Gasteiger charge is 2.20. The summed E-state index contributed by atoms with van der Waals surface area (Å²) in [7, 11) is 0. The van der Waals surface area contributed by atoms with Crippen LogP contribution in [0, 0.1) is 0 Å². The summed E-state index contributed by atoms with van der Waals surface area (Å²) in [5.74, 6) is 0.686. The summed E-state index contributed by atoms with van der Waals surface area (Å²) in [6.07, 6.45) is 0. The molecule has 1 aromatic heterocycles. The van der Waals surface area contributed by atoms with Crippen molar-refractivity contribution in [3.05, 3.63) is 206 Å². The number of benzene rings is 9. The molecule has 54 heavy (non-hydrogen) atoms. The van der Waals surface area contributed by atoms with Gasteiger partial charge in [0.05, 0.1) is 11.4 Å². The molecular formula is C52H34N2. The fourth-order valence-corrected chi connectivity index (χ4v) is 8.00. The Morgan fingerprint density at radius 1 is 0.259 bits per heavy atom. The molecule has 0 saturated heterocycles. The van der Waals surface area contributed by atoms with Gasteiger partial charge < -0.3 is 0 Å². The molecule has 0 saturated carbocycles. The van der Waals surface area contributed by atoms with Crippen molar-refractivity contribution in [1.82, 2.24) is 9.97 Å². The van der Waals surface area contributed by atoms with Crippen molar-refractivity contribution in [3.63, 3.8) is 0 Å². The van der Waals surface area contributed by atoms with Crippen molar-refractivity contribution in [3.8, 4) is 67.3 Å². The van der Waals surface area contributed by atoms with Crippen LogP contribution < -0.4 is 0 Å². The zero-order valence-electron chi connectivity index (χ0n) is 29.5. The lowest BCUT2D eigenvalue weighted by Gasteiger charge is -2.18. The first kappa shape index (κ1) is 31.6. The molecule has 9 aromatic carbocycles. The maximum atomic E-state index is 5.47. The van der Waals surface area contributed by atoms with Crippen molar-refractivity contribution in [2.45, 2.75) is 0 Å². The molecule has 0 N–H and O–H groups in total. The quantitative estimate of drug-likeness (QED) is 0.129. The first-order valence-electron chi connectivity index (χ1n) is 18.4. The van der Waals surface area contributed by atoms with Gasteiger partial charge in [0.1, 0.15) is 0 Å². The molecule has 0 atom stereocenters. The zero-order chi connectivity index (χ0) is 35.8. The van der Waals surface area contributed by atoms with Gasteiger partial charge in [0.15, 0.2) is 5.82 Å². The Kier molecular flexibility index (Phi) is 7.85. The third-order valence-electron chi connectivity index (χ3n) is 10.5. The highest BCUT2D eigenvalue weighted by Crippen LogP contribution is 2.44. The van der Waals surface area contributed by atoms with Crippen LogP contribution in [0.1, 0.15) is 0 Å². The molecule has 0 amide bonds. The summed E-state index contributed by atoms with van der Waals surface area (Å²) in [5.41, 5.74) is 11.7. The zero-order valence-corrected chi connectivity index (χ0v) is 29.5. The number of nitrogens with zero attached hydrogens (tertiary/aromatic N) is 2. The van der Waals surface area contributed by atoms with E-state index in [4.69, 9.17) is 9.97 Å². The molecule has 0 aliphatic carbocycles. The topological polar surface area (TPSA) is 25.8 Å². The van der Waals surface area contributed by atoms with Crippen molar-refractivity contribution in [2.24, 2.45) is 0 Å². The van der Waals surface area contributed by atoms with Crippen LogP contribution in [-0.2, 0) is 0 Å². The monoisotopic (exact) mass is 686 g/mol. The predicted octanol–water partition coefficient (Wildman–Crippen LogP) is 13.9. The van der Waals surface area contributed by atoms with Crippen LogP contribution in [0.4, 0.5) is 0 Å². The fraction of sp³-hybridized carbons (Fsp3) is 0. The molecule has 0 fully saturated rings. The third kappa shape index (κ3) is 5.53. The summed E-state index contributed by atoms with van der Waals surface area (Å²) >= 11 is 0. The molecule has 2 nitrogen and oxygen atoms in total. The molecule has 0 radical (unpaired) electrons. The van der Waals surface area contributed by atoms with Crippen LogP contribution in [0.3, 0.4) is 0 Å². The van der Waals surface area contributed by atoms with Crippen molar-refractivity contribution in [1.29, 1.82) is 0 Å². The van der Waals surface area contributed by atoms with E-state index in [1.165, 1.54) is 37.9 Å². The van der Waals surface area contributed by atoms with E-state index in [1.54, 1.807) is 0 Å². The minimum atomic E-state index is 0.686. The van der Waals surface area contributed by atoms with E-state index in [1.807, 2.05) is 0 Å². The van der Waals surface area contributed by atoms with Gasteiger partial charge >= 0.3 is 0 Å². The average molecular weight is 687 g/mol. The predicted molar refractivity (Wildman–Crippen MR) is 227 cm³/mol. The Bertz CT molecular complexity index is 2880. The van der Waals surface area contributed by atoms with Crippen LogP contribution in [0.2, 0.25) is 0 Å². The highest BCUT2D eigenvalue weighted by atomic mass is 14.9. The largest absolute Gasteiger partial charge is 0.228 e. The summed E-state index contributed by atoms with van der Waals surface area (Å²) in [6, 6.07) is 73.3. The van der Waals surface area contributed by atoms with Crippen LogP contribution in [0.5, 0.6) is 0 Å². The minimum Gasteiger partial charge on any atom is -0.228 e. The molecule has 10 rings (SSSR count). The van der Waals surface area contributed by atoms with Crippen LogP contribution in [-0.4, -0.2) is 9.97 Å². The van der Waals surface area contributed by atoms with E-state index >= 15 is 0 Å². The first-order chi connectivity index (χ1) is 26.8. The van der Waals surface area contributed by atoms with E-state index in [0.29, 0.717) is 5.82 Å². The fourth-order valence-electron chi connectivity index (χ4n) is 8.00. The molecule has 0 spiro atoms. The normalized spacial score (nSPS) is 11.3. The lowest BCUT2D eigenvalue weighted by Crippen LogP contribution is -1.99. The van der Waals surface area contributed by atoms with Gasteiger partial charge in [-0.15, -0.1) is 0 Å². The standard InChI is InChI=1S/C52H34N2/c1-3-17-35(18-4-1)39-23-11-13-27-43(39)49-34-50(44-28-14-12-24-40(44)36-19-5-2-6-20-36)54-52(53-49)47-30-16-15-29-45(47)51-42-26-10-8-22-38(42)33-48-41-25-9-7-21-37(41)31-32-46(48)51/h1-34H. The maximum absolute atomic E-state index is 5.47. The lowest BCUT2D eigenvalue weighted by atomic mass is 9.87. The van der Waals surface area contributed by atoms with Gasteiger partial charge in [0.25, 0.3) is 0 Å². The van der Waals surface area contributed by atoms with E-state index in [2.05, 4.69) is 206 Å². The minimum absolute atomic E-state index is 0.686. The number of hydrogen-bond acceptors (Lipinski definition) is 2. The SMILES string of the molecule is c1ccc(-c2ccccc2-c2cc(-c3ccccc3-c3ccccc3)nc(-c3ccccc3-c3c4ccccc4cc4c3ccc3ccccc34)n2)cc1. The third-order valence-corrected chi connectivity index (χ3v) is 10.5. The summed E-state index contributed by atoms with van der Waals surface area (Å²) in [5, 5.41) is 7.33. The number of fused-ring (bicyclic) bond motifs is 4. The molecule has 0 aliphatic rings. The average Bonchev–Trinajstić information content (AvgIpc) is 3.26. The highest BCUT2D eigenvalue weighted by molar-refractivity contribution is 6.21. The van der Waals surface area contributed by atoms with E-state index in [9.17, 15) is 0 Å². The van der Waals surface area contributed by atoms with Gasteiger partial charge in [-0.1, -0.05) is 194 Å². The van der Waals surface area contributed by atoms with Gasteiger partial charge in [-0.05, 0) is 77.8 Å². The van der Waals surface area contributed by atoms with E-state index in [0.717, 1.165) is 55.9 Å². The van der Waals surface area contributed by atoms with E-state index < -0.39 is 0 Å². The van der Waals surface area contributed by atoms with Gasteiger partial charge in [-0.25, -0.2) is 9.97 Å². The first-order valence-corrected chi connectivity index (χ1v) is 18.4. The Morgan fingerprint density at radius 2 is 0.722 bits per heavy atom. The van der Waals surface area contributed by atoms with Gasteiger partial charge in [0, 0.05) is 16.7 Å². The summed E-state index contributed by atoms with van der Waals surface area (Å²) < 4.78 is 0. The Hall–Kier alpha value is -7.16. The van der Waals surface area contributed by atoms with Gasteiger partial charge in [-0.2, -0.15) is 0 Å². The second-order valence-electron chi connectivity index (χ2n) is 13.7. The summed E-state index contributed by atoms with van der Waals surface area (Å²) in [4.78, 5) is 10.9. The summed E-state index contributed by atoms with van der Waals surface area (Å²) in [6.45, 7) is 0. The number of hydrogen-bond donors (Lipinski definition) is 0. The Balaban J connectivity index is 1.27. The molecular weight excluding hydrogens is 653 g/mol. The maximum Gasteiger partial charge on any atom is 0.161 e. The van der Waals surface area contributed by atoms with Crippen molar-refractivity contribution >= 4 is 32.3 Å². The Morgan fingerprint density at radius 3 is 1.33 bits per heavy atom. The van der Waals surface area contributed by atoms with Crippen LogP contribution in [0.25, 0.3) is 99.6 Å². The van der Waals surface area contributed by atoms with Crippen LogP contribution in [0.15, 0.2) is 206 Å². The molecule has 10 aromatic rings. The molecule has 0 aliphatic heterocycles. The van der Waals surface area contributed by atoms with Crippen LogP contribution >= 0.6 is 0 Å². The van der Waals surface area contributed by atoms with Gasteiger partial charge in [0.2, 0.25) is 0 Å². The second kappa shape index (κ2) is 13.4. The second-order valence-corrected chi connectivity index (χ2v) is 13.7. The molecule has 2 heteroatoms. The number of aromatic nitrogens is 2.